The van der Waals surface area contributed by atoms with E-state index in [1.165, 1.54) is 0 Å². The Bertz CT molecular complexity index is 455. The van der Waals surface area contributed by atoms with Crippen LogP contribution in [0.3, 0.4) is 0 Å². The normalized spacial score (nSPS) is 13.8. The standard InChI is InChI=1S/C14H20Cl2N2O2/c1-9(10-5-6-11(15)12(16)8-10)18-14(19)13(17)4-3-7-20-2/h5-6,8-9,13H,3-4,7,17H2,1-2H3,(H,18,19). The van der Waals surface area contributed by atoms with E-state index in [0.29, 0.717) is 23.1 Å². The highest BCUT2D eigenvalue weighted by Gasteiger charge is 2.16. The number of nitrogens with one attached hydrogen (secondary N) is 1. The van der Waals surface area contributed by atoms with Gasteiger partial charge in [-0.1, -0.05) is 29.3 Å². The van der Waals surface area contributed by atoms with Gasteiger partial charge in [0.15, 0.2) is 0 Å². The van der Waals surface area contributed by atoms with Gasteiger partial charge >= 0.3 is 0 Å². The first-order valence-electron chi connectivity index (χ1n) is 6.45. The van der Waals surface area contributed by atoms with E-state index in [1.807, 2.05) is 13.0 Å². The molecule has 0 fully saturated rings. The summed E-state index contributed by atoms with van der Waals surface area (Å²) in [6.07, 6.45) is 1.35. The Kier molecular flexibility index (Phi) is 7.30. The first-order chi connectivity index (χ1) is 9.45. The third kappa shape index (κ3) is 5.29. The van der Waals surface area contributed by atoms with Crippen LogP contribution < -0.4 is 11.1 Å². The molecule has 0 aliphatic heterocycles. The number of ether oxygens (including phenoxy) is 1. The Balaban J connectivity index is 2.54. The smallest absolute Gasteiger partial charge is 0.237 e. The molecule has 0 bridgehead atoms. The molecule has 4 nitrogen and oxygen atoms in total. The van der Waals surface area contributed by atoms with Gasteiger partial charge in [0.1, 0.15) is 0 Å². The summed E-state index contributed by atoms with van der Waals surface area (Å²) in [4.78, 5) is 11.9. The van der Waals surface area contributed by atoms with E-state index in [9.17, 15) is 4.79 Å². The van der Waals surface area contributed by atoms with E-state index in [4.69, 9.17) is 33.7 Å². The average Bonchev–Trinajstić information content (AvgIpc) is 2.41. The summed E-state index contributed by atoms with van der Waals surface area (Å²) in [6, 6.07) is 4.57. The Labute approximate surface area is 129 Å². The lowest BCUT2D eigenvalue weighted by atomic mass is 10.1. The van der Waals surface area contributed by atoms with Gasteiger partial charge in [0, 0.05) is 13.7 Å². The quantitative estimate of drug-likeness (QED) is 0.760. The molecule has 0 aliphatic rings. The van der Waals surface area contributed by atoms with Gasteiger partial charge in [-0.15, -0.1) is 0 Å². The molecule has 0 saturated heterocycles. The first-order valence-corrected chi connectivity index (χ1v) is 7.21. The van der Waals surface area contributed by atoms with Crippen molar-refractivity contribution in [2.75, 3.05) is 13.7 Å². The highest BCUT2D eigenvalue weighted by Crippen LogP contribution is 2.25. The molecule has 0 spiro atoms. The van der Waals surface area contributed by atoms with Crippen LogP contribution in [0.25, 0.3) is 0 Å². The lowest BCUT2D eigenvalue weighted by molar-refractivity contribution is -0.123. The van der Waals surface area contributed by atoms with E-state index in [0.717, 1.165) is 12.0 Å². The molecule has 20 heavy (non-hydrogen) atoms. The molecule has 6 heteroatoms. The summed E-state index contributed by atoms with van der Waals surface area (Å²) >= 11 is 11.8. The number of methoxy groups -OCH3 is 1. The van der Waals surface area contributed by atoms with Crippen molar-refractivity contribution >= 4 is 29.1 Å². The molecular formula is C14H20Cl2N2O2. The summed E-state index contributed by atoms with van der Waals surface area (Å²) in [7, 11) is 1.62. The molecule has 0 saturated carbocycles. The molecule has 0 aliphatic carbocycles. The van der Waals surface area contributed by atoms with Crippen molar-refractivity contribution in [3.05, 3.63) is 33.8 Å². The number of nitrogens with two attached hydrogens (primary N) is 1. The largest absolute Gasteiger partial charge is 0.385 e. The number of rotatable bonds is 7. The summed E-state index contributed by atoms with van der Waals surface area (Å²) in [5.41, 5.74) is 6.71. The second-order valence-corrected chi connectivity index (χ2v) is 5.46. The average molecular weight is 319 g/mol. The van der Waals surface area contributed by atoms with Crippen LogP contribution in [0.5, 0.6) is 0 Å². The molecule has 3 N–H and O–H groups in total. The second-order valence-electron chi connectivity index (χ2n) is 4.65. The summed E-state index contributed by atoms with van der Waals surface area (Å²) < 4.78 is 4.93. The van der Waals surface area contributed by atoms with Crippen molar-refractivity contribution in [3.8, 4) is 0 Å². The summed E-state index contributed by atoms with van der Waals surface area (Å²) in [5.74, 6) is -0.181. The van der Waals surface area contributed by atoms with Crippen molar-refractivity contribution in [1.29, 1.82) is 0 Å². The van der Waals surface area contributed by atoms with Crippen molar-refractivity contribution < 1.29 is 9.53 Å². The van der Waals surface area contributed by atoms with Crippen LogP contribution in [0.15, 0.2) is 18.2 Å². The molecule has 0 radical (unpaired) electrons. The SMILES string of the molecule is COCCCC(N)C(=O)NC(C)c1ccc(Cl)c(Cl)c1. The predicted molar refractivity (Wildman–Crippen MR) is 82.1 cm³/mol. The number of benzene rings is 1. The Hall–Kier alpha value is -0.810. The maximum Gasteiger partial charge on any atom is 0.237 e. The maximum atomic E-state index is 11.9. The fourth-order valence-corrected chi connectivity index (χ4v) is 2.07. The number of hydrogen-bond acceptors (Lipinski definition) is 3. The van der Waals surface area contributed by atoms with Gasteiger partial charge in [0.05, 0.1) is 22.1 Å². The molecule has 0 heterocycles. The van der Waals surface area contributed by atoms with Crippen molar-refractivity contribution in [2.45, 2.75) is 31.8 Å². The molecule has 0 aromatic heterocycles. The number of amides is 1. The zero-order chi connectivity index (χ0) is 15.1. The van der Waals surface area contributed by atoms with Gasteiger partial charge < -0.3 is 15.8 Å². The Morgan fingerprint density at radius 2 is 2.10 bits per heavy atom. The number of carbonyl (C=O) groups excluding carboxylic acids is 1. The van der Waals surface area contributed by atoms with Crippen LogP contribution in [-0.2, 0) is 9.53 Å². The molecule has 1 aromatic rings. The van der Waals surface area contributed by atoms with Gasteiger partial charge in [0.25, 0.3) is 0 Å². The minimum Gasteiger partial charge on any atom is -0.385 e. The molecule has 1 aromatic carbocycles. The van der Waals surface area contributed by atoms with Gasteiger partial charge in [-0.2, -0.15) is 0 Å². The zero-order valence-electron chi connectivity index (χ0n) is 11.7. The fraction of sp³-hybridized carbons (Fsp3) is 0.500. The van der Waals surface area contributed by atoms with E-state index in [-0.39, 0.29) is 11.9 Å². The van der Waals surface area contributed by atoms with Crippen LogP contribution >= 0.6 is 23.2 Å². The number of carbonyl (C=O) groups is 1. The molecule has 2 atom stereocenters. The van der Waals surface area contributed by atoms with E-state index < -0.39 is 6.04 Å². The van der Waals surface area contributed by atoms with Crippen molar-refractivity contribution in [3.63, 3.8) is 0 Å². The van der Waals surface area contributed by atoms with Gasteiger partial charge in [-0.05, 0) is 37.5 Å². The van der Waals surface area contributed by atoms with Crippen LogP contribution in [0, 0.1) is 0 Å². The van der Waals surface area contributed by atoms with Crippen LogP contribution in [0.4, 0.5) is 0 Å². The zero-order valence-corrected chi connectivity index (χ0v) is 13.2. The van der Waals surface area contributed by atoms with Crippen molar-refractivity contribution in [2.24, 2.45) is 5.73 Å². The number of halogens is 2. The highest BCUT2D eigenvalue weighted by molar-refractivity contribution is 6.42. The highest BCUT2D eigenvalue weighted by atomic mass is 35.5. The van der Waals surface area contributed by atoms with Crippen molar-refractivity contribution in [1.82, 2.24) is 5.32 Å². The second kappa shape index (κ2) is 8.47. The van der Waals surface area contributed by atoms with Gasteiger partial charge in [-0.25, -0.2) is 0 Å². The minimum absolute atomic E-state index is 0.175. The number of hydrogen-bond donors (Lipinski definition) is 2. The molecule has 1 rings (SSSR count). The lowest BCUT2D eigenvalue weighted by Gasteiger charge is -2.18. The predicted octanol–water partition coefficient (Wildman–Crippen LogP) is 2.92. The first kappa shape index (κ1) is 17.2. The molecule has 1 amide bonds. The van der Waals surface area contributed by atoms with E-state index in [1.54, 1.807) is 19.2 Å². The maximum absolute atomic E-state index is 11.9. The Morgan fingerprint density at radius 3 is 2.70 bits per heavy atom. The Morgan fingerprint density at radius 1 is 1.40 bits per heavy atom. The molecule has 2 unspecified atom stereocenters. The monoisotopic (exact) mass is 318 g/mol. The van der Waals surface area contributed by atoms with Gasteiger partial charge in [-0.3, -0.25) is 4.79 Å². The van der Waals surface area contributed by atoms with Gasteiger partial charge in [0.2, 0.25) is 5.91 Å². The third-order valence-electron chi connectivity index (χ3n) is 3.00. The van der Waals surface area contributed by atoms with Crippen LogP contribution in [-0.4, -0.2) is 25.7 Å². The van der Waals surface area contributed by atoms with Crippen LogP contribution in [0.1, 0.15) is 31.4 Å². The minimum atomic E-state index is -0.532. The molecule has 112 valence electrons. The summed E-state index contributed by atoms with van der Waals surface area (Å²) in [6.45, 7) is 2.47. The molecular weight excluding hydrogens is 299 g/mol. The van der Waals surface area contributed by atoms with Crippen LogP contribution in [0.2, 0.25) is 10.0 Å². The fourth-order valence-electron chi connectivity index (χ4n) is 1.76. The topological polar surface area (TPSA) is 64.3 Å². The lowest BCUT2D eigenvalue weighted by Crippen LogP contribution is -2.41. The van der Waals surface area contributed by atoms with E-state index in [2.05, 4.69) is 5.32 Å². The third-order valence-corrected chi connectivity index (χ3v) is 3.74. The van der Waals surface area contributed by atoms with E-state index >= 15 is 0 Å². The summed E-state index contributed by atoms with van der Waals surface area (Å²) in [5, 5.41) is 3.82.